The molecule has 1 heterocycles. The Bertz CT molecular complexity index is 307. The Labute approximate surface area is 71.4 Å². The minimum Gasteiger partial charge on any atom is -0.425 e. The maximum atomic E-state index is 10.6. The molecule has 0 fully saturated rings. The van der Waals surface area contributed by atoms with E-state index in [2.05, 4.69) is 4.98 Å². The van der Waals surface area contributed by atoms with Crippen molar-refractivity contribution in [2.75, 3.05) is 0 Å². The summed E-state index contributed by atoms with van der Waals surface area (Å²) in [7, 11) is 0. The van der Waals surface area contributed by atoms with Crippen LogP contribution in [-0.4, -0.2) is 11.0 Å². The minimum atomic E-state index is -0.319. The highest BCUT2D eigenvalue weighted by molar-refractivity contribution is 5.69. The van der Waals surface area contributed by atoms with Crippen molar-refractivity contribution in [1.82, 2.24) is 4.98 Å². The van der Waals surface area contributed by atoms with Gasteiger partial charge in [0.1, 0.15) is 5.75 Å². The highest BCUT2D eigenvalue weighted by atomic mass is 16.5. The second-order valence-corrected chi connectivity index (χ2v) is 2.67. The average molecular weight is 165 g/mol. The summed E-state index contributed by atoms with van der Waals surface area (Å²) in [5, 5.41) is 0. The molecular formula is C9H11NO2. The molecule has 0 aliphatic heterocycles. The van der Waals surface area contributed by atoms with Crippen LogP contribution in [0.25, 0.3) is 0 Å². The Morgan fingerprint density at radius 2 is 2.17 bits per heavy atom. The molecule has 0 aromatic carbocycles. The fraction of sp³-hybridized carbons (Fsp3) is 0.333. The van der Waals surface area contributed by atoms with Gasteiger partial charge < -0.3 is 4.74 Å². The van der Waals surface area contributed by atoms with Gasteiger partial charge in [0.25, 0.3) is 0 Å². The van der Waals surface area contributed by atoms with Crippen molar-refractivity contribution in [2.45, 2.75) is 20.8 Å². The zero-order valence-electron chi connectivity index (χ0n) is 7.42. The molecule has 1 aromatic rings. The van der Waals surface area contributed by atoms with Gasteiger partial charge in [-0.1, -0.05) is 0 Å². The first-order valence-electron chi connectivity index (χ1n) is 3.71. The number of carbonyl (C=O) groups is 1. The van der Waals surface area contributed by atoms with E-state index in [1.165, 1.54) is 6.92 Å². The molecule has 0 amide bonds. The molecule has 12 heavy (non-hydrogen) atoms. The van der Waals surface area contributed by atoms with E-state index < -0.39 is 0 Å². The van der Waals surface area contributed by atoms with E-state index in [0.717, 1.165) is 11.3 Å². The molecule has 0 spiro atoms. The van der Waals surface area contributed by atoms with Crippen molar-refractivity contribution in [1.29, 1.82) is 0 Å². The fourth-order valence-corrected chi connectivity index (χ4v) is 0.839. The van der Waals surface area contributed by atoms with E-state index in [0.29, 0.717) is 5.75 Å². The predicted octanol–water partition coefficient (Wildman–Crippen LogP) is 1.62. The van der Waals surface area contributed by atoms with Crippen LogP contribution in [0.1, 0.15) is 18.2 Å². The molecule has 0 saturated carbocycles. The van der Waals surface area contributed by atoms with Gasteiger partial charge in [-0.25, -0.2) is 0 Å². The van der Waals surface area contributed by atoms with E-state index in [1.807, 2.05) is 13.8 Å². The summed E-state index contributed by atoms with van der Waals surface area (Å²) in [5.74, 6) is 0.186. The third kappa shape index (κ3) is 2.05. The van der Waals surface area contributed by atoms with Crippen LogP contribution < -0.4 is 4.74 Å². The number of nitrogens with zero attached hydrogens (tertiary/aromatic N) is 1. The highest BCUT2D eigenvalue weighted by Crippen LogP contribution is 2.13. The predicted molar refractivity (Wildman–Crippen MR) is 45.0 cm³/mol. The molecule has 0 bridgehead atoms. The van der Waals surface area contributed by atoms with Crippen LogP contribution in [0.2, 0.25) is 0 Å². The van der Waals surface area contributed by atoms with Crippen LogP contribution in [-0.2, 0) is 4.79 Å². The topological polar surface area (TPSA) is 39.2 Å². The fourth-order valence-electron chi connectivity index (χ4n) is 0.839. The van der Waals surface area contributed by atoms with E-state index >= 15 is 0 Å². The van der Waals surface area contributed by atoms with E-state index in [-0.39, 0.29) is 5.97 Å². The molecule has 0 unspecified atom stereocenters. The third-order valence-corrected chi connectivity index (χ3v) is 1.58. The van der Waals surface area contributed by atoms with Crippen molar-refractivity contribution in [3.63, 3.8) is 0 Å². The maximum Gasteiger partial charge on any atom is 0.308 e. The van der Waals surface area contributed by atoms with Crippen LogP contribution in [0.5, 0.6) is 5.75 Å². The van der Waals surface area contributed by atoms with E-state index in [9.17, 15) is 4.79 Å². The Morgan fingerprint density at radius 3 is 2.67 bits per heavy atom. The lowest BCUT2D eigenvalue weighted by Crippen LogP contribution is -2.02. The number of aryl methyl sites for hydroxylation is 2. The lowest BCUT2D eigenvalue weighted by atomic mass is 10.2. The van der Waals surface area contributed by atoms with Gasteiger partial charge in [0.15, 0.2) is 0 Å². The van der Waals surface area contributed by atoms with Crippen LogP contribution in [0, 0.1) is 13.8 Å². The van der Waals surface area contributed by atoms with Crippen molar-refractivity contribution in [2.24, 2.45) is 0 Å². The monoisotopic (exact) mass is 165 g/mol. The summed E-state index contributed by atoms with van der Waals surface area (Å²) >= 11 is 0. The summed E-state index contributed by atoms with van der Waals surface area (Å²) in [6.45, 7) is 5.21. The Morgan fingerprint density at radius 1 is 1.50 bits per heavy atom. The number of aromatic nitrogens is 1. The lowest BCUT2D eigenvalue weighted by molar-refractivity contribution is -0.131. The largest absolute Gasteiger partial charge is 0.425 e. The van der Waals surface area contributed by atoms with Crippen molar-refractivity contribution < 1.29 is 9.53 Å². The molecule has 64 valence electrons. The molecule has 1 aromatic heterocycles. The number of carbonyl (C=O) groups excluding carboxylic acids is 1. The van der Waals surface area contributed by atoms with Gasteiger partial charge in [0, 0.05) is 12.6 Å². The summed E-state index contributed by atoms with van der Waals surface area (Å²) < 4.78 is 4.85. The van der Waals surface area contributed by atoms with Gasteiger partial charge in [-0.15, -0.1) is 0 Å². The number of ether oxygens (including phenoxy) is 1. The molecule has 3 heteroatoms. The first-order chi connectivity index (χ1) is 5.59. The SMILES string of the molecule is CC(=O)Oc1cnc(C)c(C)c1. The third-order valence-electron chi connectivity index (χ3n) is 1.58. The van der Waals surface area contributed by atoms with Gasteiger partial charge >= 0.3 is 5.97 Å². The van der Waals surface area contributed by atoms with E-state index in [1.54, 1.807) is 12.3 Å². The summed E-state index contributed by atoms with van der Waals surface area (Å²) in [6.07, 6.45) is 1.55. The molecule has 0 saturated heterocycles. The smallest absolute Gasteiger partial charge is 0.308 e. The van der Waals surface area contributed by atoms with Crippen LogP contribution in [0.3, 0.4) is 0 Å². The van der Waals surface area contributed by atoms with Gasteiger partial charge in [-0.2, -0.15) is 0 Å². The standard InChI is InChI=1S/C9H11NO2/c1-6-4-9(12-8(3)11)5-10-7(6)2/h4-5H,1-3H3. The molecule has 1 rings (SSSR count). The van der Waals surface area contributed by atoms with Gasteiger partial charge in [-0.05, 0) is 25.5 Å². The Hall–Kier alpha value is -1.38. The molecule has 0 aliphatic rings. The summed E-state index contributed by atoms with van der Waals surface area (Å²) in [6, 6.07) is 1.80. The van der Waals surface area contributed by atoms with Crippen molar-refractivity contribution >= 4 is 5.97 Å². The number of hydrogen-bond donors (Lipinski definition) is 0. The van der Waals surface area contributed by atoms with Gasteiger partial charge in [0.05, 0.1) is 6.20 Å². The molecule has 0 aliphatic carbocycles. The highest BCUT2D eigenvalue weighted by Gasteiger charge is 2.00. The molecule has 0 N–H and O–H groups in total. The number of hydrogen-bond acceptors (Lipinski definition) is 3. The second-order valence-electron chi connectivity index (χ2n) is 2.67. The Balaban J connectivity index is 2.89. The van der Waals surface area contributed by atoms with Crippen LogP contribution in [0.15, 0.2) is 12.3 Å². The normalized spacial score (nSPS) is 9.58. The van der Waals surface area contributed by atoms with Crippen LogP contribution >= 0.6 is 0 Å². The maximum absolute atomic E-state index is 10.6. The molecule has 0 radical (unpaired) electrons. The summed E-state index contributed by atoms with van der Waals surface area (Å²) in [5.41, 5.74) is 1.97. The zero-order chi connectivity index (χ0) is 9.14. The Kier molecular flexibility index (Phi) is 2.43. The molecule has 3 nitrogen and oxygen atoms in total. The quantitative estimate of drug-likeness (QED) is 0.593. The first-order valence-corrected chi connectivity index (χ1v) is 3.71. The number of pyridine rings is 1. The number of esters is 1. The lowest BCUT2D eigenvalue weighted by Gasteiger charge is -2.02. The van der Waals surface area contributed by atoms with Crippen LogP contribution in [0.4, 0.5) is 0 Å². The minimum absolute atomic E-state index is 0.319. The molecule has 0 atom stereocenters. The first kappa shape index (κ1) is 8.71. The number of rotatable bonds is 1. The van der Waals surface area contributed by atoms with Crippen molar-refractivity contribution in [3.8, 4) is 5.75 Å². The van der Waals surface area contributed by atoms with E-state index in [4.69, 9.17) is 4.74 Å². The van der Waals surface area contributed by atoms with Crippen molar-refractivity contribution in [3.05, 3.63) is 23.5 Å². The second kappa shape index (κ2) is 3.34. The zero-order valence-corrected chi connectivity index (χ0v) is 7.42. The average Bonchev–Trinajstić information content (AvgIpc) is 1.96. The molecular weight excluding hydrogens is 154 g/mol. The van der Waals surface area contributed by atoms with Gasteiger partial charge in [-0.3, -0.25) is 9.78 Å². The van der Waals surface area contributed by atoms with Gasteiger partial charge in [0.2, 0.25) is 0 Å². The summed E-state index contributed by atoms with van der Waals surface area (Å²) in [4.78, 5) is 14.6.